The van der Waals surface area contributed by atoms with E-state index in [4.69, 9.17) is 21.1 Å². The fraction of sp³-hybridized carbons (Fsp3) is 0.200. The van der Waals surface area contributed by atoms with Crippen molar-refractivity contribution < 1.29 is 19.1 Å². The summed E-state index contributed by atoms with van der Waals surface area (Å²) in [7, 11) is 0. The molecule has 0 amide bonds. The summed E-state index contributed by atoms with van der Waals surface area (Å²) in [6, 6.07) is 10.9. The van der Waals surface area contributed by atoms with Crippen LogP contribution < -0.4 is 0 Å². The number of hydrogen-bond acceptors (Lipinski definition) is 5. The molecule has 0 unspecified atom stereocenters. The molecular formula is C15H11ClO4S. The zero-order chi connectivity index (χ0) is 14.8. The van der Waals surface area contributed by atoms with Gasteiger partial charge in [-0.2, -0.15) is 0 Å². The lowest BCUT2D eigenvalue weighted by Gasteiger charge is -2.06. The van der Waals surface area contributed by atoms with Crippen molar-refractivity contribution in [2.24, 2.45) is 0 Å². The molecule has 2 aromatic rings. The monoisotopic (exact) mass is 322 g/mol. The van der Waals surface area contributed by atoms with Crippen LogP contribution in [0.1, 0.15) is 16.1 Å². The molecule has 3 rings (SSSR count). The predicted molar refractivity (Wildman–Crippen MR) is 79.5 cm³/mol. The number of hydrogen-bond donors (Lipinski definition) is 0. The SMILES string of the molecule is O=C(O[C@H]1CCOC1=O)c1ccc(-c2ccc(Cl)cc2)s1. The van der Waals surface area contributed by atoms with Crippen LogP contribution in [0.15, 0.2) is 36.4 Å². The number of benzene rings is 1. The molecule has 4 nitrogen and oxygen atoms in total. The first kappa shape index (κ1) is 14.1. The van der Waals surface area contributed by atoms with Gasteiger partial charge in [0.05, 0.1) is 6.61 Å². The summed E-state index contributed by atoms with van der Waals surface area (Å²) in [5.74, 6) is -0.970. The standard InChI is InChI=1S/C15H11ClO4S/c16-10-3-1-9(2-4-10)12-5-6-13(21-12)15(18)20-11-7-8-19-14(11)17/h1-6,11H,7-8H2/t11-/m0/s1. The number of cyclic esters (lactones) is 1. The van der Waals surface area contributed by atoms with Gasteiger partial charge in [0.25, 0.3) is 0 Å². The van der Waals surface area contributed by atoms with Crippen molar-refractivity contribution in [1.82, 2.24) is 0 Å². The molecule has 0 radical (unpaired) electrons. The Balaban J connectivity index is 1.73. The van der Waals surface area contributed by atoms with Gasteiger partial charge in [0, 0.05) is 16.3 Å². The van der Waals surface area contributed by atoms with Crippen LogP contribution in [-0.4, -0.2) is 24.6 Å². The molecule has 1 aromatic heterocycles. The highest BCUT2D eigenvalue weighted by Gasteiger charge is 2.30. The molecule has 1 aliphatic heterocycles. The molecule has 0 spiro atoms. The molecule has 0 saturated carbocycles. The summed E-state index contributed by atoms with van der Waals surface area (Å²) in [6.07, 6.45) is -0.362. The molecule has 1 aliphatic rings. The van der Waals surface area contributed by atoms with Gasteiger partial charge in [-0.15, -0.1) is 11.3 Å². The maximum atomic E-state index is 12.0. The van der Waals surface area contributed by atoms with Crippen molar-refractivity contribution in [3.05, 3.63) is 46.3 Å². The maximum absolute atomic E-state index is 12.0. The zero-order valence-corrected chi connectivity index (χ0v) is 12.4. The molecule has 2 heterocycles. The van der Waals surface area contributed by atoms with Gasteiger partial charge in [0.1, 0.15) is 4.88 Å². The molecule has 1 fully saturated rings. The number of thiophene rings is 1. The highest BCUT2D eigenvalue weighted by atomic mass is 35.5. The van der Waals surface area contributed by atoms with E-state index in [9.17, 15) is 9.59 Å². The number of ether oxygens (including phenoxy) is 2. The minimum Gasteiger partial charge on any atom is -0.463 e. The van der Waals surface area contributed by atoms with E-state index in [-0.39, 0.29) is 0 Å². The summed E-state index contributed by atoms with van der Waals surface area (Å²) in [4.78, 5) is 24.7. The molecule has 1 aromatic carbocycles. The van der Waals surface area contributed by atoms with Crippen molar-refractivity contribution in [2.45, 2.75) is 12.5 Å². The Labute approximate surface area is 130 Å². The summed E-state index contributed by atoms with van der Waals surface area (Å²) in [6.45, 7) is 0.303. The van der Waals surface area contributed by atoms with Crippen LogP contribution in [0.2, 0.25) is 5.02 Å². The van der Waals surface area contributed by atoms with Crippen LogP contribution in [0.4, 0.5) is 0 Å². The van der Waals surface area contributed by atoms with E-state index in [0.29, 0.717) is 22.9 Å². The normalized spacial score (nSPS) is 17.6. The van der Waals surface area contributed by atoms with Crippen molar-refractivity contribution in [2.75, 3.05) is 6.61 Å². The average molecular weight is 323 g/mol. The molecule has 0 bridgehead atoms. The van der Waals surface area contributed by atoms with Crippen LogP contribution in [0.25, 0.3) is 10.4 Å². The smallest absolute Gasteiger partial charge is 0.349 e. The largest absolute Gasteiger partial charge is 0.463 e. The highest BCUT2D eigenvalue weighted by molar-refractivity contribution is 7.17. The molecule has 0 N–H and O–H groups in total. The molecule has 108 valence electrons. The Hall–Kier alpha value is -1.85. The summed E-state index contributed by atoms with van der Waals surface area (Å²) in [5.41, 5.74) is 0.976. The third kappa shape index (κ3) is 3.09. The Morgan fingerprint density at radius 1 is 1.24 bits per heavy atom. The Bertz CT molecular complexity index is 677. The number of rotatable bonds is 3. The minimum absolute atomic E-state index is 0.303. The highest BCUT2D eigenvalue weighted by Crippen LogP contribution is 2.29. The molecular weight excluding hydrogens is 312 g/mol. The first-order valence-electron chi connectivity index (χ1n) is 6.37. The molecule has 6 heteroatoms. The van der Waals surface area contributed by atoms with Gasteiger partial charge in [-0.3, -0.25) is 0 Å². The second-order valence-electron chi connectivity index (χ2n) is 4.52. The van der Waals surface area contributed by atoms with Gasteiger partial charge < -0.3 is 9.47 Å². The molecule has 0 aliphatic carbocycles. The second kappa shape index (κ2) is 5.87. The van der Waals surface area contributed by atoms with E-state index in [1.165, 1.54) is 11.3 Å². The summed E-state index contributed by atoms with van der Waals surface area (Å²) >= 11 is 7.16. The van der Waals surface area contributed by atoms with Gasteiger partial charge >= 0.3 is 11.9 Å². The van der Waals surface area contributed by atoms with Gasteiger partial charge in [-0.05, 0) is 29.8 Å². The summed E-state index contributed by atoms with van der Waals surface area (Å²) < 4.78 is 9.92. The predicted octanol–water partition coefficient (Wildman–Crippen LogP) is 3.54. The van der Waals surface area contributed by atoms with Crippen molar-refractivity contribution in [1.29, 1.82) is 0 Å². The van der Waals surface area contributed by atoms with Crippen LogP contribution in [0.3, 0.4) is 0 Å². The lowest BCUT2D eigenvalue weighted by Crippen LogP contribution is -2.22. The zero-order valence-electron chi connectivity index (χ0n) is 10.9. The third-order valence-electron chi connectivity index (χ3n) is 3.07. The molecule has 1 atom stereocenters. The van der Waals surface area contributed by atoms with Gasteiger partial charge in [0.15, 0.2) is 0 Å². The van der Waals surface area contributed by atoms with Crippen LogP contribution in [0.5, 0.6) is 0 Å². The quantitative estimate of drug-likeness (QED) is 0.811. The second-order valence-corrected chi connectivity index (χ2v) is 6.04. The van der Waals surface area contributed by atoms with Crippen molar-refractivity contribution >= 4 is 34.9 Å². The van der Waals surface area contributed by atoms with E-state index in [1.807, 2.05) is 18.2 Å². The number of carbonyl (C=O) groups excluding carboxylic acids is 2. The number of esters is 2. The fourth-order valence-corrected chi connectivity index (χ4v) is 3.01. The Kier molecular flexibility index (Phi) is 3.94. The van der Waals surface area contributed by atoms with Crippen LogP contribution in [-0.2, 0) is 14.3 Å². The Morgan fingerprint density at radius 2 is 2.00 bits per heavy atom. The fourth-order valence-electron chi connectivity index (χ4n) is 1.99. The van der Waals surface area contributed by atoms with E-state index < -0.39 is 18.0 Å². The first-order chi connectivity index (χ1) is 10.1. The van der Waals surface area contributed by atoms with Crippen LogP contribution >= 0.6 is 22.9 Å². The van der Waals surface area contributed by atoms with E-state index in [0.717, 1.165) is 10.4 Å². The average Bonchev–Trinajstić information content (AvgIpc) is 3.10. The lowest BCUT2D eigenvalue weighted by molar-refractivity contribution is -0.145. The van der Waals surface area contributed by atoms with Gasteiger partial charge in [-0.25, -0.2) is 9.59 Å². The molecule has 1 saturated heterocycles. The Morgan fingerprint density at radius 3 is 2.67 bits per heavy atom. The first-order valence-corrected chi connectivity index (χ1v) is 7.56. The maximum Gasteiger partial charge on any atom is 0.349 e. The molecule has 21 heavy (non-hydrogen) atoms. The third-order valence-corrected chi connectivity index (χ3v) is 4.44. The van der Waals surface area contributed by atoms with E-state index in [2.05, 4.69) is 0 Å². The number of halogens is 1. The van der Waals surface area contributed by atoms with Gasteiger partial charge in [-0.1, -0.05) is 23.7 Å². The summed E-state index contributed by atoms with van der Waals surface area (Å²) in [5, 5.41) is 0.662. The topological polar surface area (TPSA) is 52.6 Å². The van der Waals surface area contributed by atoms with Gasteiger partial charge in [0.2, 0.25) is 6.10 Å². The van der Waals surface area contributed by atoms with Crippen molar-refractivity contribution in [3.8, 4) is 10.4 Å². The van der Waals surface area contributed by atoms with E-state index >= 15 is 0 Å². The van der Waals surface area contributed by atoms with E-state index in [1.54, 1.807) is 18.2 Å². The lowest BCUT2D eigenvalue weighted by atomic mass is 10.2. The number of carbonyl (C=O) groups is 2. The van der Waals surface area contributed by atoms with Crippen LogP contribution in [0, 0.1) is 0 Å². The minimum atomic E-state index is -0.779. The van der Waals surface area contributed by atoms with Crippen molar-refractivity contribution in [3.63, 3.8) is 0 Å².